The van der Waals surface area contributed by atoms with E-state index in [4.69, 9.17) is 0 Å². The zero-order chi connectivity index (χ0) is 16.8. The molecule has 0 saturated carbocycles. The van der Waals surface area contributed by atoms with Crippen LogP contribution in [-0.2, 0) is 5.41 Å². The third-order valence-corrected chi connectivity index (χ3v) is 4.58. The monoisotopic (exact) mass is 327 g/mol. The van der Waals surface area contributed by atoms with Gasteiger partial charge in [0.1, 0.15) is 5.69 Å². The number of aryl methyl sites for hydroxylation is 1. The lowest BCUT2D eigenvalue weighted by atomic mass is 9.87. The Hall–Kier alpha value is -2.34. The first-order valence-corrected chi connectivity index (χ1v) is 8.10. The highest BCUT2D eigenvalue weighted by Crippen LogP contribution is 2.22. The predicted molar refractivity (Wildman–Crippen MR) is 92.1 cm³/mol. The molecule has 0 atom stereocenters. The molecule has 0 radical (unpaired) electrons. The van der Waals surface area contributed by atoms with Crippen LogP contribution in [0.25, 0.3) is 11.0 Å². The number of hydrogen-bond donors (Lipinski definition) is 0. The molecule has 0 unspecified atom stereocenters. The Morgan fingerprint density at radius 2 is 1.78 bits per heavy atom. The van der Waals surface area contributed by atoms with Crippen LogP contribution in [0.1, 0.15) is 37.6 Å². The first-order valence-electron chi connectivity index (χ1n) is 7.28. The van der Waals surface area contributed by atoms with Crippen molar-refractivity contribution in [3.8, 4) is 0 Å². The van der Waals surface area contributed by atoms with Crippen molar-refractivity contribution in [1.29, 1.82) is 0 Å². The molecule has 0 amide bonds. The minimum Gasteiger partial charge on any atom is -0.266 e. The summed E-state index contributed by atoms with van der Waals surface area (Å²) in [4.78, 5) is 28.1. The molecule has 0 aliphatic rings. The molecule has 2 aromatic heterocycles. The third-order valence-electron chi connectivity index (χ3n) is 3.62. The fraction of sp³-hybridized carbons (Fsp3) is 0.294. The molecule has 0 aliphatic carbocycles. The highest BCUT2D eigenvalue weighted by molar-refractivity contribution is 7.15. The summed E-state index contributed by atoms with van der Waals surface area (Å²) in [5.41, 5.74) is 1.83. The van der Waals surface area contributed by atoms with Gasteiger partial charge >= 0.3 is 0 Å². The Bertz CT molecular complexity index is 1040. The molecule has 0 saturated heterocycles. The lowest BCUT2D eigenvalue weighted by Gasteiger charge is -2.18. The van der Waals surface area contributed by atoms with Crippen molar-refractivity contribution in [3.63, 3.8) is 0 Å². The van der Waals surface area contributed by atoms with Crippen LogP contribution in [0.3, 0.4) is 0 Å². The van der Waals surface area contributed by atoms with Gasteiger partial charge in [0.25, 0.3) is 11.1 Å². The van der Waals surface area contributed by atoms with Crippen molar-refractivity contribution in [2.45, 2.75) is 33.1 Å². The summed E-state index contributed by atoms with van der Waals surface area (Å²) in [6, 6.07) is 8.10. The van der Waals surface area contributed by atoms with Crippen molar-refractivity contribution in [2.24, 2.45) is 0 Å². The summed E-state index contributed by atoms with van der Waals surface area (Å²) in [6.07, 6.45) is 1.80. The standard InChI is InChI=1S/C17H17N3O2S/c1-10-14(21)18-16-20(19-10)15(22)13(23-16)9-11-5-7-12(8-6-11)17(2,3)4/h5-9H,1-4H3/b13-9-. The Morgan fingerprint density at radius 1 is 1.13 bits per heavy atom. The van der Waals surface area contributed by atoms with E-state index in [1.54, 1.807) is 13.0 Å². The van der Waals surface area contributed by atoms with Gasteiger partial charge in [-0.25, -0.2) is 0 Å². The molecule has 5 nitrogen and oxygen atoms in total. The zero-order valence-electron chi connectivity index (χ0n) is 13.5. The van der Waals surface area contributed by atoms with E-state index < -0.39 is 5.56 Å². The van der Waals surface area contributed by atoms with Gasteiger partial charge < -0.3 is 0 Å². The van der Waals surface area contributed by atoms with Crippen molar-refractivity contribution in [1.82, 2.24) is 14.6 Å². The predicted octanol–water partition coefficient (Wildman–Crippen LogP) is 1.66. The largest absolute Gasteiger partial charge is 0.295 e. The van der Waals surface area contributed by atoms with Gasteiger partial charge in [-0.2, -0.15) is 14.6 Å². The second kappa shape index (κ2) is 5.38. The fourth-order valence-electron chi connectivity index (χ4n) is 2.22. The van der Waals surface area contributed by atoms with Crippen LogP contribution in [-0.4, -0.2) is 14.6 Å². The SMILES string of the molecule is Cc1nn2c(=O)/c(=C/c3ccc(C(C)(C)C)cc3)sc2nc1=O. The molecule has 118 valence electrons. The van der Waals surface area contributed by atoms with Crippen molar-refractivity contribution in [2.75, 3.05) is 0 Å². The normalized spacial score (nSPS) is 13.0. The van der Waals surface area contributed by atoms with Gasteiger partial charge in [-0.05, 0) is 29.5 Å². The first kappa shape index (κ1) is 15.6. The highest BCUT2D eigenvalue weighted by atomic mass is 32.1. The van der Waals surface area contributed by atoms with Crippen LogP contribution in [0.5, 0.6) is 0 Å². The Kier molecular flexibility index (Phi) is 3.64. The van der Waals surface area contributed by atoms with E-state index in [2.05, 4.69) is 43.0 Å². The van der Waals surface area contributed by atoms with Crippen LogP contribution in [0.4, 0.5) is 0 Å². The summed E-state index contributed by atoms with van der Waals surface area (Å²) in [7, 11) is 0. The molecule has 0 N–H and O–H groups in total. The van der Waals surface area contributed by atoms with E-state index in [9.17, 15) is 9.59 Å². The van der Waals surface area contributed by atoms with Gasteiger partial charge in [0.2, 0.25) is 4.96 Å². The van der Waals surface area contributed by atoms with Crippen LogP contribution >= 0.6 is 11.3 Å². The Balaban J connectivity index is 2.13. The summed E-state index contributed by atoms with van der Waals surface area (Å²) in [5, 5.41) is 4.00. The third kappa shape index (κ3) is 2.94. The molecule has 3 aromatic rings. The summed E-state index contributed by atoms with van der Waals surface area (Å²) in [6.45, 7) is 8.02. The lowest BCUT2D eigenvalue weighted by molar-refractivity contribution is 0.590. The van der Waals surface area contributed by atoms with Gasteiger partial charge in [-0.3, -0.25) is 9.59 Å². The number of rotatable bonds is 1. The number of hydrogen-bond acceptors (Lipinski definition) is 5. The molecule has 0 aliphatic heterocycles. The lowest BCUT2D eigenvalue weighted by Crippen LogP contribution is -2.27. The Labute approximate surface area is 136 Å². The van der Waals surface area contributed by atoms with Gasteiger partial charge in [-0.1, -0.05) is 56.4 Å². The van der Waals surface area contributed by atoms with Crippen LogP contribution in [0.2, 0.25) is 0 Å². The number of benzene rings is 1. The maximum absolute atomic E-state index is 12.4. The van der Waals surface area contributed by atoms with E-state index in [-0.39, 0.29) is 16.7 Å². The van der Waals surface area contributed by atoms with Crippen molar-refractivity contribution >= 4 is 22.4 Å². The van der Waals surface area contributed by atoms with Gasteiger partial charge in [0.05, 0.1) is 4.53 Å². The second-order valence-electron chi connectivity index (χ2n) is 6.48. The number of thiazole rings is 1. The molecular weight excluding hydrogens is 310 g/mol. The number of aromatic nitrogens is 3. The molecule has 3 rings (SSSR count). The van der Waals surface area contributed by atoms with Gasteiger partial charge in [0, 0.05) is 0 Å². The maximum atomic E-state index is 12.4. The van der Waals surface area contributed by atoms with Crippen molar-refractivity contribution in [3.05, 3.63) is 66.3 Å². The van der Waals surface area contributed by atoms with E-state index in [0.717, 1.165) is 5.56 Å². The second-order valence-corrected chi connectivity index (χ2v) is 7.49. The summed E-state index contributed by atoms with van der Waals surface area (Å²) < 4.78 is 1.70. The van der Waals surface area contributed by atoms with Crippen LogP contribution in [0, 0.1) is 6.92 Å². The first-order chi connectivity index (χ1) is 10.8. The average Bonchev–Trinajstić information content (AvgIpc) is 2.76. The average molecular weight is 327 g/mol. The molecule has 6 heteroatoms. The Morgan fingerprint density at radius 3 is 2.39 bits per heavy atom. The number of fused-ring (bicyclic) bond motifs is 1. The van der Waals surface area contributed by atoms with Crippen molar-refractivity contribution < 1.29 is 0 Å². The molecule has 1 aromatic carbocycles. The molecule has 0 bridgehead atoms. The smallest absolute Gasteiger partial charge is 0.266 e. The fourth-order valence-corrected chi connectivity index (χ4v) is 3.12. The molecule has 0 fully saturated rings. The summed E-state index contributed by atoms with van der Waals surface area (Å²) in [5.74, 6) is 0. The van der Waals surface area contributed by atoms with E-state index in [1.807, 2.05) is 12.1 Å². The molecule has 2 heterocycles. The molecular formula is C17H17N3O2S. The van der Waals surface area contributed by atoms with Gasteiger partial charge in [0.15, 0.2) is 0 Å². The zero-order valence-corrected chi connectivity index (χ0v) is 14.3. The minimum atomic E-state index is -0.396. The minimum absolute atomic E-state index is 0.0889. The highest BCUT2D eigenvalue weighted by Gasteiger charge is 2.13. The maximum Gasteiger partial charge on any atom is 0.295 e. The van der Waals surface area contributed by atoms with Crippen LogP contribution < -0.4 is 15.7 Å². The van der Waals surface area contributed by atoms with Gasteiger partial charge in [-0.15, -0.1) is 0 Å². The molecule has 23 heavy (non-hydrogen) atoms. The number of nitrogens with zero attached hydrogens (tertiary/aromatic N) is 3. The summed E-state index contributed by atoms with van der Waals surface area (Å²) >= 11 is 1.17. The molecule has 0 spiro atoms. The quantitative estimate of drug-likeness (QED) is 0.682. The van der Waals surface area contributed by atoms with E-state index in [0.29, 0.717) is 9.49 Å². The van der Waals surface area contributed by atoms with Crippen LogP contribution in [0.15, 0.2) is 33.9 Å². The van der Waals surface area contributed by atoms with E-state index in [1.165, 1.54) is 21.4 Å². The van der Waals surface area contributed by atoms with E-state index >= 15 is 0 Å². The topological polar surface area (TPSA) is 64.3 Å².